The lowest BCUT2D eigenvalue weighted by Gasteiger charge is -2.12. The average Bonchev–Trinajstić information content (AvgIpc) is 2.17. The number of rotatable bonds is 5. The van der Waals surface area contributed by atoms with Gasteiger partial charge in [-0.15, -0.1) is 0 Å². The normalized spacial score (nSPS) is 12.5. The molecule has 0 amide bonds. The molecule has 0 saturated carbocycles. The van der Waals surface area contributed by atoms with Crippen LogP contribution in [0, 0.1) is 5.82 Å². The Morgan fingerprint density at radius 1 is 1.60 bits per heavy atom. The van der Waals surface area contributed by atoms with Crippen LogP contribution in [0.1, 0.15) is 0 Å². The van der Waals surface area contributed by atoms with Crippen LogP contribution < -0.4 is 10.1 Å². The Labute approximate surface area is 96.4 Å². The topological polar surface area (TPSA) is 41.5 Å². The Balaban J connectivity index is 2.50. The van der Waals surface area contributed by atoms with Crippen molar-refractivity contribution in [1.29, 1.82) is 0 Å². The number of nitrogens with one attached hydrogen (secondary N) is 1. The average molecular weight is 278 g/mol. The molecule has 0 aliphatic heterocycles. The summed E-state index contributed by atoms with van der Waals surface area (Å²) in [6, 6.07) is 4.15. The van der Waals surface area contributed by atoms with Gasteiger partial charge in [0, 0.05) is 6.54 Å². The molecule has 0 fully saturated rings. The minimum Gasteiger partial charge on any atom is -0.490 e. The summed E-state index contributed by atoms with van der Waals surface area (Å²) in [6.45, 7) is 0.629. The predicted octanol–water partition coefficient (Wildman–Crippen LogP) is 1.55. The second-order valence-corrected chi connectivity index (χ2v) is 3.95. The monoisotopic (exact) mass is 277 g/mol. The maximum absolute atomic E-state index is 12.7. The summed E-state index contributed by atoms with van der Waals surface area (Å²) in [7, 11) is 1.75. The van der Waals surface area contributed by atoms with E-state index >= 15 is 0 Å². The van der Waals surface area contributed by atoms with Crippen molar-refractivity contribution in [2.24, 2.45) is 0 Å². The Morgan fingerprint density at radius 3 is 2.93 bits per heavy atom. The summed E-state index contributed by atoms with van der Waals surface area (Å²) in [4.78, 5) is 0. The molecule has 0 radical (unpaired) electrons. The van der Waals surface area contributed by atoms with Crippen LogP contribution >= 0.6 is 15.9 Å². The fourth-order valence-electron chi connectivity index (χ4n) is 1.07. The van der Waals surface area contributed by atoms with Gasteiger partial charge in [0.2, 0.25) is 0 Å². The van der Waals surface area contributed by atoms with E-state index in [0.717, 1.165) is 0 Å². The van der Waals surface area contributed by atoms with Gasteiger partial charge >= 0.3 is 0 Å². The lowest BCUT2D eigenvalue weighted by molar-refractivity contribution is 0.108. The molecule has 0 heterocycles. The van der Waals surface area contributed by atoms with Crippen molar-refractivity contribution in [2.75, 3.05) is 20.2 Å². The maximum Gasteiger partial charge on any atom is 0.133 e. The van der Waals surface area contributed by atoms with E-state index in [4.69, 9.17) is 4.74 Å². The molecule has 2 N–H and O–H groups in total. The fraction of sp³-hybridized carbons (Fsp3) is 0.400. The molecule has 0 aliphatic rings. The van der Waals surface area contributed by atoms with Gasteiger partial charge in [0.25, 0.3) is 0 Å². The van der Waals surface area contributed by atoms with Gasteiger partial charge in [0.05, 0.1) is 4.47 Å². The number of aliphatic hydroxyl groups is 1. The molecule has 0 aromatic heterocycles. The molecule has 15 heavy (non-hydrogen) atoms. The maximum atomic E-state index is 12.7. The summed E-state index contributed by atoms with van der Waals surface area (Å²) >= 11 is 3.17. The molecule has 1 unspecified atom stereocenters. The van der Waals surface area contributed by atoms with E-state index in [-0.39, 0.29) is 12.4 Å². The van der Waals surface area contributed by atoms with Crippen molar-refractivity contribution in [3.05, 3.63) is 28.5 Å². The lowest BCUT2D eigenvalue weighted by Crippen LogP contribution is -2.29. The van der Waals surface area contributed by atoms with E-state index in [2.05, 4.69) is 21.2 Å². The first-order valence-electron chi connectivity index (χ1n) is 4.54. The van der Waals surface area contributed by atoms with Crippen molar-refractivity contribution in [1.82, 2.24) is 5.32 Å². The molecule has 5 heteroatoms. The van der Waals surface area contributed by atoms with Crippen molar-refractivity contribution >= 4 is 15.9 Å². The lowest BCUT2D eigenvalue weighted by atomic mass is 10.3. The molecule has 0 aliphatic carbocycles. The molecular formula is C10H13BrFNO2. The molecule has 1 aromatic rings. The van der Waals surface area contributed by atoms with E-state index in [1.54, 1.807) is 7.05 Å². The van der Waals surface area contributed by atoms with Gasteiger partial charge < -0.3 is 15.2 Å². The number of hydrogen-bond acceptors (Lipinski definition) is 3. The van der Waals surface area contributed by atoms with Gasteiger partial charge in [-0.05, 0) is 41.2 Å². The molecule has 1 aromatic carbocycles. The van der Waals surface area contributed by atoms with Gasteiger partial charge in [-0.25, -0.2) is 4.39 Å². The minimum atomic E-state index is -0.577. The highest BCUT2D eigenvalue weighted by Crippen LogP contribution is 2.25. The van der Waals surface area contributed by atoms with E-state index in [0.29, 0.717) is 16.8 Å². The van der Waals surface area contributed by atoms with Gasteiger partial charge in [0.1, 0.15) is 24.3 Å². The highest BCUT2D eigenvalue weighted by molar-refractivity contribution is 9.10. The third-order valence-corrected chi connectivity index (χ3v) is 2.38. The molecule has 1 atom stereocenters. The number of benzene rings is 1. The van der Waals surface area contributed by atoms with Gasteiger partial charge in [-0.2, -0.15) is 0 Å². The molecule has 0 bridgehead atoms. The second-order valence-electron chi connectivity index (χ2n) is 3.10. The summed E-state index contributed by atoms with van der Waals surface area (Å²) in [6.07, 6.45) is -0.577. The van der Waals surface area contributed by atoms with E-state index in [1.165, 1.54) is 18.2 Å². The van der Waals surface area contributed by atoms with Crippen molar-refractivity contribution in [2.45, 2.75) is 6.10 Å². The largest absolute Gasteiger partial charge is 0.490 e. The van der Waals surface area contributed by atoms with E-state index < -0.39 is 6.10 Å². The number of halogens is 2. The highest BCUT2D eigenvalue weighted by Gasteiger charge is 2.06. The van der Waals surface area contributed by atoms with Crippen molar-refractivity contribution in [3.63, 3.8) is 0 Å². The number of ether oxygens (including phenoxy) is 1. The summed E-state index contributed by atoms with van der Waals surface area (Å²) in [5.41, 5.74) is 0. The third kappa shape index (κ3) is 4.15. The number of likely N-dealkylation sites (N-methyl/N-ethyl adjacent to an activating group) is 1. The van der Waals surface area contributed by atoms with E-state index in [9.17, 15) is 9.50 Å². The molecule has 0 spiro atoms. The second kappa shape index (κ2) is 6.05. The first-order valence-corrected chi connectivity index (χ1v) is 5.33. The molecule has 3 nitrogen and oxygen atoms in total. The standard InChI is InChI=1S/C10H13BrFNO2/c1-13-5-8(14)6-15-10-3-2-7(12)4-9(10)11/h2-4,8,13-14H,5-6H2,1H3. The van der Waals surface area contributed by atoms with Crippen LogP contribution in [0.25, 0.3) is 0 Å². The Hall–Kier alpha value is -0.650. The number of aliphatic hydroxyl groups excluding tert-OH is 1. The first-order chi connectivity index (χ1) is 7.13. The van der Waals surface area contributed by atoms with Gasteiger partial charge in [-0.3, -0.25) is 0 Å². The van der Waals surface area contributed by atoms with Gasteiger partial charge in [0.15, 0.2) is 0 Å². The molecule has 0 saturated heterocycles. The van der Waals surface area contributed by atoms with Crippen LogP contribution in [0.2, 0.25) is 0 Å². The highest BCUT2D eigenvalue weighted by atomic mass is 79.9. The third-order valence-electron chi connectivity index (χ3n) is 1.76. The van der Waals surface area contributed by atoms with Crippen molar-refractivity contribution < 1.29 is 14.2 Å². The first kappa shape index (κ1) is 12.4. The SMILES string of the molecule is CNCC(O)COc1ccc(F)cc1Br. The minimum absolute atomic E-state index is 0.172. The molecular weight excluding hydrogens is 265 g/mol. The van der Waals surface area contributed by atoms with Crippen LogP contribution in [0.5, 0.6) is 5.75 Å². The zero-order valence-electron chi connectivity index (χ0n) is 8.34. The predicted molar refractivity (Wildman–Crippen MR) is 59.5 cm³/mol. The van der Waals surface area contributed by atoms with E-state index in [1.807, 2.05) is 0 Å². The van der Waals surface area contributed by atoms with Crippen LogP contribution in [0.4, 0.5) is 4.39 Å². The Morgan fingerprint density at radius 2 is 2.33 bits per heavy atom. The Kier molecular flexibility index (Phi) is 5.01. The van der Waals surface area contributed by atoms with Gasteiger partial charge in [-0.1, -0.05) is 0 Å². The summed E-state index contributed by atoms with van der Waals surface area (Å²) in [5.74, 6) is 0.191. The zero-order chi connectivity index (χ0) is 11.3. The van der Waals surface area contributed by atoms with Crippen LogP contribution in [0.3, 0.4) is 0 Å². The number of hydrogen-bond donors (Lipinski definition) is 2. The molecule has 1 rings (SSSR count). The van der Waals surface area contributed by atoms with Crippen molar-refractivity contribution in [3.8, 4) is 5.75 Å². The zero-order valence-corrected chi connectivity index (χ0v) is 9.92. The summed E-state index contributed by atoms with van der Waals surface area (Å²) < 4.78 is 18.6. The molecule has 84 valence electrons. The summed E-state index contributed by atoms with van der Waals surface area (Å²) in [5, 5.41) is 12.2. The smallest absolute Gasteiger partial charge is 0.133 e. The fourth-order valence-corrected chi connectivity index (χ4v) is 1.54. The van der Waals surface area contributed by atoms with Crippen LogP contribution in [0.15, 0.2) is 22.7 Å². The quantitative estimate of drug-likeness (QED) is 0.858. The van der Waals surface area contributed by atoms with Crippen LogP contribution in [-0.2, 0) is 0 Å². The Bertz CT molecular complexity index is 322. The van der Waals surface area contributed by atoms with Crippen LogP contribution in [-0.4, -0.2) is 31.4 Å².